The third-order valence-electron chi connectivity index (χ3n) is 3.04. The van der Waals surface area contributed by atoms with E-state index in [-0.39, 0.29) is 28.5 Å². The molecule has 0 aliphatic heterocycles. The van der Waals surface area contributed by atoms with E-state index in [0.717, 1.165) is 0 Å². The first-order valence-electron chi connectivity index (χ1n) is 6.98. The zero-order valence-corrected chi connectivity index (χ0v) is 15.6. The van der Waals surface area contributed by atoms with Gasteiger partial charge in [0.05, 0.1) is 0 Å². The molecule has 0 radical (unpaired) electrons. The molecule has 3 aromatic rings. The Bertz CT molecular complexity index is 563. The van der Waals surface area contributed by atoms with E-state index < -0.39 is 15.6 Å². The Hall–Kier alpha value is -1.20. The third-order valence-corrected chi connectivity index (χ3v) is 5.49. The van der Waals surface area contributed by atoms with Gasteiger partial charge in [0.1, 0.15) is 0 Å². The van der Waals surface area contributed by atoms with Crippen LogP contribution in [0.1, 0.15) is 0 Å². The van der Waals surface area contributed by atoms with Gasteiger partial charge in [-0.2, -0.15) is 0 Å². The molecule has 0 heterocycles. The van der Waals surface area contributed by atoms with Gasteiger partial charge in [0.2, 0.25) is 0 Å². The minimum Gasteiger partial charge on any atom is -0.896 e. The second-order valence-electron chi connectivity index (χ2n) is 4.46. The first-order valence-corrected chi connectivity index (χ1v) is 8.32. The Kier molecular flexibility index (Phi) is 12.5. The van der Waals surface area contributed by atoms with Crippen molar-refractivity contribution in [3.63, 3.8) is 0 Å². The van der Waals surface area contributed by atoms with E-state index in [4.69, 9.17) is 10.0 Å². The molecule has 0 aromatic heterocycles. The standard InChI is InChI=1S/C18H15P.BHO2.Mg.H2O/c1-4-10-16(11-5-1)19(17-12-6-2-7-13-17)18-14-8-3-9-15-18;2-1-3;;/h1-15H;1H;;1H2/q;-2;+2;. The molecule has 6 heteroatoms. The van der Waals surface area contributed by atoms with Crippen LogP contribution in [0, 0.1) is 0 Å². The van der Waals surface area contributed by atoms with Crippen LogP contribution in [0.3, 0.4) is 0 Å². The van der Waals surface area contributed by atoms with Gasteiger partial charge in [-0.25, -0.2) is 0 Å². The number of rotatable bonds is 3. The van der Waals surface area contributed by atoms with Crippen LogP contribution in [-0.2, 0) is 0 Å². The maximum absolute atomic E-state index is 8.38. The summed E-state index contributed by atoms with van der Waals surface area (Å²) in [7, 11) is -1.70. The van der Waals surface area contributed by atoms with Gasteiger partial charge in [-0.05, 0) is 23.8 Å². The molecular formula is C18H18BMgO3P. The molecule has 0 saturated heterocycles. The Morgan fingerprint density at radius 3 is 0.958 bits per heavy atom. The quantitative estimate of drug-likeness (QED) is 0.460. The van der Waals surface area contributed by atoms with Crippen LogP contribution in [0.5, 0.6) is 0 Å². The third kappa shape index (κ3) is 6.73. The van der Waals surface area contributed by atoms with E-state index in [2.05, 4.69) is 91.0 Å². The number of benzene rings is 3. The maximum atomic E-state index is 8.38. The van der Waals surface area contributed by atoms with Crippen LogP contribution in [0.15, 0.2) is 91.0 Å². The molecule has 24 heavy (non-hydrogen) atoms. The molecule has 0 aliphatic rings. The van der Waals surface area contributed by atoms with Crippen LogP contribution < -0.4 is 26.0 Å². The first-order chi connectivity index (χ1) is 10.9. The molecule has 0 fully saturated rings. The van der Waals surface area contributed by atoms with Crippen molar-refractivity contribution >= 4 is 54.6 Å². The van der Waals surface area contributed by atoms with Crippen molar-refractivity contribution < 1.29 is 15.5 Å². The summed E-state index contributed by atoms with van der Waals surface area (Å²) < 4.78 is 0. The van der Waals surface area contributed by atoms with Gasteiger partial charge >= 0.3 is 23.1 Å². The smallest absolute Gasteiger partial charge is 0.896 e. The van der Waals surface area contributed by atoms with Crippen LogP contribution in [-0.4, -0.2) is 36.2 Å². The Labute approximate surface area is 160 Å². The molecule has 118 valence electrons. The van der Waals surface area contributed by atoms with Crippen molar-refractivity contribution in [3.05, 3.63) is 91.0 Å². The molecule has 0 aliphatic carbocycles. The molecule has 3 aromatic carbocycles. The summed E-state index contributed by atoms with van der Waals surface area (Å²) in [4.78, 5) is 0. The van der Waals surface area contributed by atoms with Gasteiger partial charge in [0.25, 0.3) is 0 Å². The van der Waals surface area contributed by atoms with Gasteiger partial charge < -0.3 is 15.5 Å². The fraction of sp³-hybridized carbons (Fsp3) is 0. The molecule has 0 bridgehead atoms. The zero-order chi connectivity index (χ0) is 15.6. The van der Waals surface area contributed by atoms with Crippen LogP contribution in [0.25, 0.3) is 0 Å². The molecule has 3 rings (SSSR count). The Morgan fingerprint density at radius 2 is 0.750 bits per heavy atom. The molecule has 0 amide bonds. The zero-order valence-electron chi connectivity index (χ0n) is 13.3. The number of hydrogen-bond donors (Lipinski definition) is 0. The Morgan fingerprint density at radius 1 is 0.542 bits per heavy atom. The fourth-order valence-corrected chi connectivity index (χ4v) is 4.48. The van der Waals surface area contributed by atoms with Gasteiger partial charge in [0.15, 0.2) is 0 Å². The van der Waals surface area contributed by atoms with Crippen molar-refractivity contribution in [3.8, 4) is 0 Å². The summed E-state index contributed by atoms with van der Waals surface area (Å²) >= 11 is 0. The second-order valence-corrected chi connectivity index (χ2v) is 6.68. The molecular weight excluding hydrogens is 330 g/mol. The average Bonchev–Trinajstić information content (AvgIpc) is 2.59. The number of hydrogen-bond acceptors (Lipinski definition) is 2. The van der Waals surface area contributed by atoms with Crippen molar-refractivity contribution in [2.75, 3.05) is 0 Å². The maximum Gasteiger partial charge on any atom is 2.00 e. The van der Waals surface area contributed by atoms with Gasteiger partial charge in [-0.1, -0.05) is 91.0 Å². The van der Waals surface area contributed by atoms with Crippen molar-refractivity contribution in [1.82, 2.24) is 0 Å². The fourth-order valence-electron chi connectivity index (χ4n) is 2.18. The molecule has 0 saturated carbocycles. The molecule has 0 unspecified atom stereocenters. The summed E-state index contributed by atoms with van der Waals surface area (Å²) in [5.41, 5.74) is 0. The van der Waals surface area contributed by atoms with Crippen LogP contribution >= 0.6 is 7.92 Å². The van der Waals surface area contributed by atoms with E-state index >= 15 is 0 Å². The van der Waals surface area contributed by atoms with Crippen molar-refractivity contribution in [2.24, 2.45) is 0 Å². The summed E-state index contributed by atoms with van der Waals surface area (Å²) in [5.74, 6) is 0. The Balaban J connectivity index is 0.000000988. The van der Waals surface area contributed by atoms with E-state index in [9.17, 15) is 0 Å². The van der Waals surface area contributed by atoms with Crippen molar-refractivity contribution in [1.29, 1.82) is 0 Å². The topological polar surface area (TPSA) is 77.6 Å². The van der Waals surface area contributed by atoms with E-state index in [0.29, 0.717) is 0 Å². The van der Waals surface area contributed by atoms with Crippen LogP contribution in [0.2, 0.25) is 0 Å². The van der Waals surface area contributed by atoms with Crippen LogP contribution in [0.4, 0.5) is 0 Å². The van der Waals surface area contributed by atoms with E-state index in [1.165, 1.54) is 15.9 Å². The predicted octanol–water partition coefficient (Wildman–Crippen LogP) is -0.787. The van der Waals surface area contributed by atoms with Gasteiger partial charge in [0, 0.05) is 0 Å². The molecule has 0 atom stereocenters. The average molecular weight is 348 g/mol. The van der Waals surface area contributed by atoms with Gasteiger partial charge in [-0.15, -0.1) is 7.69 Å². The van der Waals surface area contributed by atoms with Gasteiger partial charge in [-0.3, -0.25) is 0 Å². The second kappa shape index (κ2) is 13.1. The predicted molar refractivity (Wildman–Crippen MR) is 102 cm³/mol. The summed E-state index contributed by atoms with van der Waals surface area (Å²) in [6.45, 7) is 0. The monoisotopic (exact) mass is 348 g/mol. The van der Waals surface area contributed by atoms with E-state index in [1.54, 1.807) is 0 Å². The van der Waals surface area contributed by atoms with Crippen molar-refractivity contribution in [2.45, 2.75) is 0 Å². The SMILES string of the molecule is O.[Mg+2].[O-]B[O-].c1ccc(P(c2ccccc2)c2ccccc2)cc1. The summed E-state index contributed by atoms with van der Waals surface area (Å²) in [6.07, 6.45) is 0. The minimum atomic E-state index is -1.25. The summed E-state index contributed by atoms with van der Waals surface area (Å²) in [6, 6.07) is 32.3. The molecule has 0 spiro atoms. The minimum absolute atomic E-state index is 0. The molecule has 2 N–H and O–H groups in total. The molecule has 3 nitrogen and oxygen atoms in total. The first kappa shape index (κ1) is 22.8. The normalized spacial score (nSPS) is 8.96. The summed E-state index contributed by atoms with van der Waals surface area (Å²) in [5, 5.41) is 20.9. The largest absolute Gasteiger partial charge is 2.00 e. The van der Waals surface area contributed by atoms with E-state index in [1.807, 2.05) is 0 Å².